The van der Waals surface area contributed by atoms with Gasteiger partial charge < -0.3 is 16.2 Å². The van der Waals surface area contributed by atoms with Crippen molar-refractivity contribution in [2.75, 3.05) is 6.61 Å². The van der Waals surface area contributed by atoms with E-state index in [9.17, 15) is 4.79 Å². The molecular formula is C8H14N2O2. The van der Waals surface area contributed by atoms with E-state index in [1.165, 1.54) is 6.08 Å². The monoisotopic (exact) mass is 170 g/mol. The SMILES string of the molecule is CC=CC(C(=O)OCC)=C(N)N. The lowest BCUT2D eigenvalue weighted by Gasteiger charge is -2.03. The summed E-state index contributed by atoms with van der Waals surface area (Å²) in [6.07, 6.45) is 3.19. The molecule has 68 valence electrons. The number of allylic oxidation sites excluding steroid dienone is 1. The zero-order chi connectivity index (χ0) is 9.56. The summed E-state index contributed by atoms with van der Waals surface area (Å²) in [4.78, 5) is 11.1. The summed E-state index contributed by atoms with van der Waals surface area (Å²) in [6.45, 7) is 3.80. The second kappa shape index (κ2) is 5.23. The molecular weight excluding hydrogens is 156 g/mol. The van der Waals surface area contributed by atoms with Crippen LogP contribution in [-0.2, 0) is 9.53 Å². The Hall–Kier alpha value is -1.45. The highest BCUT2D eigenvalue weighted by Crippen LogP contribution is 2.00. The van der Waals surface area contributed by atoms with Crippen LogP contribution in [0.15, 0.2) is 23.5 Å². The second-order valence-corrected chi connectivity index (χ2v) is 2.09. The number of hydrogen-bond acceptors (Lipinski definition) is 4. The standard InChI is InChI=1S/C8H14N2O2/c1-3-5-6(7(9)10)8(11)12-4-2/h3,5H,4,9-10H2,1-2H3. The lowest BCUT2D eigenvalue weighted by molar-refractivity contribution is -0.138. The lowest BCUT2D eigenvalue weighted by atomic mass is 10.2. The highest BCUT2D eigenvalue weighted by molar-refractivity contribution is 5.92. The maximum Gasteiger partial charge on any atom is 0.341 e. The summed E-state index contributed by atoms with van der Waals surface area (Å²) in [5.41, 5.74) is 10.7. The van der Waals surface area contributed by atoms with Gasteiger partial charge in [0.15, 0.2) is 0 Å². The Morgan fingerprint density at radius 2 is 2.08 bits per heavy atom. The molecule has 0 aromatic rings. The fourth-order valence-electron chi connectivity index (χ4n) is 0.658. The van der Waals surface area contributed by atoms with E-state index < -0.39 is 5.97 Å². The van der Waals surface area contributed by atoms with Crippen LogP contribution in [0.3, 0.4) is 0 Å². The van der Waals surface area contributed by atoms with Crippen molar-refractivity contribution < 1.29 is 9.53 Å². The fraction of sp³-hybridized carbons (Fsp3) is 0.375. The maximum atomic E-state index is 11.1. The highest BCUT2D eigenvalue weighted by atomic mass is 16.5. The van der Waals surface area contributed by atoms with Gasteiger partial charge in [0.05, 0.1) is 12.2 Å². The Labute approximate surface area is 71.9 Å². The molecule has 0 fully saturated rings. The number of carbonyl (C=O) groups excluding carboxylic acids is 1. The third kappa shape index (κ3) is 3.09. The number of nitrogens with two attached hydrogens (primary N) is 2. The first-order chi connectivity index (χ1) is 5.63. The van der Waals surface area contributed by atoms with Crippen molar-refractivity contribution in [3.8, 4) is 0 Å². The summed E-state index contributed by atoms with van der Waals surface area (Å²) >= 11 is 0. The van der Waals surface area contributed by atoms with Gasteiger partial charge in [-0.05, 0) is 19.9 Å². The van der Waals surface area contributed by atoms with Gasteiger partial charge in [0.25, 0.3) is 0 Å². The van der Waals surface area contributed by atoms with Gasteiger partial charge in [0, 0.05) is 0 Å². The van der Waals surface area contributed by atoms with Crippen molar-refractivity contribution in [2.45, 2.75) is 13.8 Å². The molecule has 12 heavy (non-hydrogen) atoms. The van der Waals surface area contributed by atoms with E-state index in [2.05, 4.69) is 0 Å². The molecule has 0 rings (SSSR count). The van der Waals surface area contributed by atoms with Crippen LogP contribution in [-0.4, -0.2) is 12.6 Å². The maximum absolute atomic E-state index is 11.1. The predicted octanol–water partition coefficient (Wildman–Crippen LogP) is 0.255. The number of carbonyl (C=O) groups is 1. The largest absolute Gasteiger partial charge is 0.462 e. The van der Waals surface area contributed by atoms with Crippen LogP contribution in [0.5, 0.6) is 0 Å². The van der Waals surface area contributed by atoms with Crippen molar-refractivity contribution in [3.63, 3.8) is 0 Å². The summed E-state index contributed by atoms with van der Waals surface area (Å²) in [5.74, 6) is -0.512. The average molecular weight is 170 g/mol. The summed E-state index contributed by atoms with van der Waals surface area (Å²) in [7, 11) is 0. The minimum atomic E-state index is -0.490. The van der Waals surface area contributed by atoms with Crippen LogP contribution in [0.2, 0.25) is 0 Å². The molecule has 0 bridgehead atoms. The number of hydrogen-bond donors (Lipinski definition) is 2. The van der Waals surface area contributed by atoms with Gasteiger partial charge >= 0.3 is 5.97 Å². The molecule has 4 nitrogen and oxygen atoms in total. The quantitative estimate of drug-likeness (QED) is 0.361. The molecule has 0 saturated heterocycles. The molecule has 0 aliphatic heterocycles. The lowest BCUT2D eigenvalue weighted by Crippen LogP contribution is -2.18. The zero-order valence-electron chi connectivity index (χ0n) is 7.33. The Morgan fingerprint density at radius 3 is 2.42 bits per heavy atom. The molecule has 0 aliphatic rings. The zero-order valence-corrected chi connectivity index (χ0v) is 7.33. The smallest absolute Gasteiger partial charge is 0.341 e. The molecule has 4 N–H and O–H groups in total. The third-order valence-electron chi connectivity index (χ3n) is 1.14. The molecule has 0 atom stereocenters. The Morgan fingerprint density at radius 1 is 1.50 bits per heavy atom. The summed E-state index contributed by atoms with van der Waals surface area (Å²) < 4.78 is 4.71. The number of ether oxygens (including phenoxy) is 1. The van der Waals surface area contributed by atoms with Gasteiger partial charge in [-0.1, -0.05) is 6.08 Å². The van der Waals surface area contributed by atoms with Crippen molar-refractivity contribution >= 4 is 5.97 Å². The van der Waals surface area contributed by atoms with Crippen LogP contribution >= 0.6 is 0 Å². The summed E-state index contributed by atoms with van der Waals surface area (Å²) in [6, 6.07) is 0. The molecule has 0 amide bonds. The van der Waals surface area contributed by atoms with Gasteiger partial charge in [-0.15, -0.1) is 0 Å². The van der Waals surface area contributed by atoms with Crippen molar-refractivity contribution in [2.24, 2.45) is 11.5 Å². The predicted molar refractivity (Wildman–Crippen MR) is 46.8 cm³/mol. The van der Waals surface area contributed by atoms with E-state index in [1.54, 1.807) is 19.9 Å². The van der Waals surface area contributed by atoms with Gasteiger partial charge in [-0.25, -0.2) is 4.79 Å². The van der Waals surface area contributed by atoms with Gasteiger partial charge in [-0.3, -0.25) is 0 Å². The van der Waals surface area contributed by atoms with E-state index in [4.69, 9.17) is 16.2 Å². The number of rotatable bonds is 3. The van der Waals surface area contributed by atoms with Crippen LogP contribution in [0, 0.1) is 0 Å². The topological polar surface area (TPSA) is 78.3 Å². The first kappa shape index (κ1) is 10.6. The minimum Gasteiger partial charge on any atom is -0.462 e. The molecule has 0 radical (unpaired) electrons. The van der Waals surface area contributed by atoms with Gasteiger partial charge in [0.1, 0.15) is 5.82 Å². The van der Waals surface area contributed by atoms with E-state index in [-0.39, 0.29) is 11.4 Å². The highest BCUT2D eigenvalue weighted by Gasteiger charge is 2.09. The first-order valence-corrected chi connectivity index (χ1v) is 3.68. The van der Waals surface area contributed by atoms with Crippen LogP contribution in [0.1, 0.15) is 13.8 Å². The molecule has 0 aromatic carbocycles. The van der Waals surface area contributed by atoms with Crippen LogP contribution < -0.4 is 11.5 Å². The number of esters is 1. The summed E-state index contributed by atoms with van der Waals surface area (Å²) in [5, 5.41) is 0. The first-order valence-electron chi connectivity index (χ1n) is 3.68. The van der Waals surface area contributed by atoms with Crippen LogP contribution in [0.25, 0.3) is 0 Å². The molecule has 0 spiro atoms. The van der Waals surface area contributed by atoms with E-state index in [0.29, 0.717) is 6.61 Å². The molecule has 4 heteroatoms. The van der Waals surface area contributed by atoms with E-state index >= 15 is 0 Å². The normalized spacial score (nSPS) is 9.83. The Bertz CT molecular complexity index is 215. The third-order valence-corrected chi connectivity index (χ3v) is 1.14. The van der Waals surface area contributed by atoms with Crippen molar-refractivity contribution in [3.05, 3.63) is 23.5 Å². The second-order valence-electron chi connectivity index (χ2n) is 2.09. The van der Waals surface area contributed by atoms with Gasteiger partial charge in [-0.2, -0.15) is 0 Å². The molecule has 0 aliphatic carbocycles. The van der Waals surface area contributed by atoms with Gasteiger partial charge in [0.2, 0.25) is 0 Å². The van der Waals surface area contributed by atoms with E-state index in [0.717, 1.165) is 0 Å². The Kier molecular flexibility index (Phi) is 4.60. The molecule has 0 saturated carbocycles. The Balaban J connectivity index is 4.54. The molecule has 0 aromatic heterocycles. The minimum absolute atomic E-state index is 0.0217. The van der Waals surface area contributed by atoms with Crippen LogP contribution in [0.4, 0.5) is 0 Å². The molecule has 0 unspecified atom stereocenters. The van der Waals surface area contributed by atoms with Crippen molar-refractivity contribution in [1.29, 1.82) is 0 Å². The molecule has 0 heterocycles. The average Bonchev–Trinajstić information content (AvgIpc) is 1.99. The van der Waals surface area contributed by atoms with Crippen molar-refractivity contribution in [1.82, 2.24) is 0 Å². The fourth-order valence-corrected chi connectivity index (χ4v) is 0.658. The van der Waals surface area contributed by atoms with E-state index in [1.807, 2.05) is 0 Å².